The average molecular weight is 249 g/mol. The number of aromatic nitrogens is 2. The molecule has 1 aliphatic carbocycles. The number of carboxylic acid groups (broad SMARTS) is 1. The lowest BCUT2D eigenvalue weighted by atomic mass is 10.1. The maximum atomic E-state index is 12.3. The van der Waals surface area contributed by atoms with Gasteiger partial charge in [-0.1, -0.05) is 12.8 Å². The van der Waals surface area contributed by atoms with E-state index in [1.807, 2.05) is 0 Å². The van der Waals surface area contributed by atoms with Crippen molar-refractivity contribution in [1.82, 2.24) is 15.1 Å². The molecule has 0 spiro atoms. The SMILES string of the molecule is O=C(O)CN(C(=O)c1ccnnc1)C1CCCC1. The van der Waals surface area contributed by atoms with Gasteiger partial charge in [-0.3, -0.25) is 9.59 Å². The molecule has 1 heterocycles. The van der Waals surface area contributed by atoms with E-state index in [-0.39, 0.29) is 18.5 Å². The van der Waals surface area contributed by atoms with E-state index in [1.54, 1.807) is 6.07 Å². The maximum Gasteiger partial charge on any atom is 0.323 e. The van der Waals surface area contributed by atoms with E-state index in [2.05, 4.69) is 10.2 Å². The van der Waals surface area contributed by atoms with Crippen molar-refractivity contribution in [2.45, 2.75) is 31.7 Å². The summed E-state index contributed by atoms with van der Waals surface area (Å²) in [5.74, 6) is -1.27. The topological polar surface area (TPSA) is 83.4 Å². The third-order valence-electron chi connectivity index (χ3n) is 3.16. The van der Waals surface area contributed by atoms with Gasteiger partial charge in [0, 0.05) is 6.04 Å². The quantitative estimate of drug-likeness (QED) is 0.858. The van der Waals surface area contributed by atoms with Gasteiger partial charge in [0.15, 0.2) is 0 Å². The Morgan fingerprint density at radius 3 is 2.61 bits per heavy atom. The zero-order valence-electron chi connectivity index (χ0n) is 9.95. The van der Waals surface area contributed by atoms with E-state index in [9.17, 15) is 9.59 Å². The minimum absolute atomic E-state index is 0.0294. The Labute approximate surface area is 105 Å². The Balaban J connectivity index is 2.17. The fourth-order valence-corrected chi connectivity index (χ4v) is 2.31. The van der Waals surface area contributed by atoms with Crippen molar-refractivity contribution >= 4 is 11.9 Å². The lowest BCUT2D eigenvalue weighted by molar-refractivity contribution is -0.138. The predicted molar refractivity (Wildman–Crippen MR) is 63.0 cm³/mol. The van der Waals surface area contributed by atoms with Gasteiger partial charge in [0.05, 0.1) is 18.0 Å². The first kappa shape index (κ1) is 12.5. The highest BCUT2D eigenvalue weighted by Crippen LogP contribution is 2.24. The number of carboxylic acids is 1. The molecular weight excluding hydrogens is 234 g/mol. The molecule has 1 aliphatic rings. The number of hydrogen-bond acceptors (Lipinski definition) is 4. The van der Waals surface area contributed by atoms with Crippen LogP contribution >= 0.6 is 0 Å². The summed E-state index contributed by atoms with van der Waals surface area (Å²) in [6.45, 7) is -0.258. The van der Waals surface area contributed by atoms with Crippen LogP contribution in [0.25, 0.3) is 0 Å². The van der Waals surface area contributed by atoms with Crippen molar-refractivity contribution in [3.05, 3.63) is 24.0 Å². The monoisotopic (exact) mass is 249 g/mol. The van der Waals surface area contributed by atoms with E-state index in [0.717, 1.165) is 25.7 Å². The summed E-state index contributed by atoms with van der Waals surface area (Å²) in [6.07, 6.45) is 6.63. The standard InChI is InChI=1S/C12H15N3O3/c16-11(17)8-15(10-3-1-2-4-10)12(18)9-5-6-13-14-7-9/h5-7,10H,1-4,8H2,(H,16,17). The molecular formula is C12H15N3O3. The van der Waals surface area contributed by atoms with Crippen LogP contribution in [0.5, 0.6) is 0 Å². The summed E-state index contributed by atoms with van der Waals surface area (Å²) in [5.41, 5.74) is 0.387. The third kappa shape index (κ3) is 2.82. The average Bonchev–Trinajstić information content (AvgIpc) is 2.89. The molecule has 1 saturated carbocycles. The number of carbonyl (C=O) groups excluding carboxylic acids is 1. The second-order valence-corrected chi connectivity index (χ2v) is 4.40. The molecule has 1 N–H and O–H groups in total. The molecule has 6 heteroatoms. The van der Waals surface area contributed by atoms with Gasteiger partial charge < -0.3 is 10.0 Å². The molecule has 0 saturated heterocycles. The van der Waals surface area contributed by atoms with Crippen molar-refractivity contribution in [3.8, 4) is 0 Å². The first-order valence-corrected chi connectivity index (χ1v) is 5.98. The van der Waals surface area contributed by atoms with Gasteiger partial charge in [0.25, 0.3) is 5.91 Å². The molecule has 0 radical (unpaired) electrons. The molecule has 6 nitrogen and oxygen atoms in total. The van der Waals surface area contributed by atoms with E-state index in [0.29, 0.717) is 5.56 Å². The molecule has 0 aliphatic heterocycles. The molecule has 0 bridgehead atoms. The summed E-state index contributed by atoms with van der Waals surface area (Å²) in [5, 5.41) is 16.2. The fourth-order valence-electron chi connectivity index (χ4n) is 2.31. The van der Waals surface area contributed by atoms with Crippen LogP contribution in [0, 0.1) is 0 Å². The second kappa shape index (κ2) is 5.57. The van der Waals surface area contributed by atoms with Crippen molar-refractivity contribution in [2.75, 3.05) is 6.54 Å². The normalized spacial score (nSPS) is 15.6. The summed E-state index contributed by atoms with van der Waals surface area (Å²) >= 11 is 0. The number of nitrogens with zero attached hydrogens (tertiary/aromatic N) is 3. The molecule has 96 valence electrons. The second-order valence-electron chi connectivity index (χ2n) is 4.40. The van der Waals surface area contributed by atoms with Gasteiger partial charge in [-0.05, 0) is 18.9 Å². The molecule has 2 rings (SSSR count). The van der Waals surface area contributed by atoms with Crippen LogP contribution in [0.15, 0.2) is 18.5 Å². The zero-order chi connectivity index (χ0) is 13.0. The first-order valence-electron chi connectivity index (χ1n) is 5.98. The van der Waals surface area contributed by atoms with Gasteiger partial charge in [0.2, 0.25) is 0 Å². The summed E-state index contributed by atoms with van der Waals surface area (Å²) in [7, 11) is 0. The van der Waals surface area contributed by atoms with Gasteiger partial charge in [0.1, 0.15) is 6.54 Å². The van der Waals surface area contributed by atoms with Crippen molar-refractivity contribution in [1.29, 1.82) is 0 Å². The number of hydrogen-bond donors (Lipinski definition) is 1. The van der Waals surface area contributed by atoms with E-state index in [4.69, 9.17) is 5.11 Å². The molecule has 1 aromatic heterocycles. The van der Waals surface area contributed by atoms with Gasteiger partial charge >= 0.3 is 5.97 Å². The highest BCUT2D eigenvalue weighted by molar-refractivity contribution is 5.95. The molecule has 1 fully saturated rings. The van der Waals surface area contributed by atoms with Gasteiger partial charge in [-0.15, -0.1) is 0 Å². The number of aliphatic carboxylic acids is 1. The van der Waals surface area contributed by atoms with Crippen LogP contribution in [-0.2, 0) is 4.79 Å². The Bertz CT molecular complexity index is 429. The van der Waals surface area contributed by atoms with Crippen LogP contribution < -0.4 is 0 Å². The smallest absolute Gasteiger partial charge is 0.323 e. The number of rotatable bonds is 4. The van der Waals surface area contributed by atoms with Gasteiger partial charge in [-0.2, -0.15) is 10.2 Å². The summed E-state index contributed by atoms with van der Waals surface area (Å²) in [4.78, 5) is 24.6. The summed E-state index contributed by atoms with van der Waals surface area (Å²) < 4.78 is 0. The van der Waals surface area contributed by atoms with Crippen LogP contribution in [-0.4, -0.2) is 44.7 Å². The Kier molecular flexibility index (Phi) is 3.86. The van der Waals surface area contributed by atoms with Crippen molar-refractivity contribution in [3.63, 3.8) is 0 Å². The Hall–Kier alpha value is -1.98. The first-order chi connectivity index (χ1) is 8.68. The van der Waals surface area contributed by atoms with Crippen LogP contribution in [0.1, 0.15) is 36.0 Å². The molecule has 1 aromatic rings. The lowest BCUT2D eigenvalue weighted by Crippen LogP contribution is -2.42. The number of amides is 1. The zero-order valence-corrected chi connectivity index (χ0v) is 9.95. The predicted octanol–water partition coefficient (Wildman–Crippen LogP) is 0.946. The Morgan fingerprint density at radius 2 is 2.06 bits per heavy atom. The Morgan fingerprint density at radius 1 is 1.33 bits per heavy atom. The van der Waals surface area contributed by atoms with Crippen molar-refractivity contribution < 1.29 is 14.7 Å². The maximum absolute atomic E-state index is 12.3. The molecule has 18 heavy (non-hydrogen) atoms. The minimum Gasteiger partial charge on any atom is -0.480 e. The van der Waals surface area contributed by atoms with E-state index >= 15 is 0 Å². The fraction of sp³-hybridized carbons (Fsp3) is 0.500. The molecule has 1 amide bonds. The highest BCUT2D eigenvalue weighted by Gasteiger charge is 2.29. The number of carbonyl (C=O) groups is 2. The third-order valence-corrected chi connectivity index (χ3v) is 3.16. The van der Waals surface area contributed by atoms with Crippen molar-refractivity contribution in [2.24, 2.45) is 0 Å². The van der Waals surface area contributed by atoms with Crippen LogP contribution in [0.3, 0.4) is 0 Å². The van der Waals surface area contributed by atoms with Gasteiger partial charge in [-0.25, -0.2) is 0 Å². The van der Waals surface area contributed by atoms with E-state index < -0.39 is 5.97 Å². The highest BCUT2D eigenvalue weighted by atomic mass is 16.4. The van der Waals surface area contributed by atoms with Crippen LogP contribution in [0.4, 0.5) is 0 Å². The molecule has 0 aromatic carbocycles. The minimum atomic E-state index is -0.989. The molecule has 0 atom stereocenters. The largest absolute Gasteiger partial charge is 0.480 e. The van der Waals surface area contributed by atoms with Crippen LogP contribution in [0.2, 0.25) is 0 Å². The van der Waals surface area contributed by atoms with E-state index in [1.165, 1.54) is 17.3 Å². The summed E-state index contributed by atoms with van der Waals surface area (Å²) in [6, 6.07) is 1.58. The molecule has 0 unspecified atom stereocenters. The lowest BCUT2D eigenvalue weighted by Gasteiger charge is -2.27.